The molecule has 0 aromatic carbocycles. The molecule has 1 aliphatic heterocycles. The molecule has 1 aliphatic rings. The summed E-state index contributed by atoms with van der Waals surface area (Å²) in [6.07, 6.45) is 0.362. The molecule has 0 radical (unpaired) electrons. The highest BCUT2D eigenvalue weighted by atomic mass is 31.1. The van der Waals surface area contributed by atoms with Crippen LogP contribution in [0.3, 0.4) is 0 Å². The van der Waals surface area contributed by atoms with Crippen LogP contribution in [-0.2, 0) is 27.2 Å². The molecule has 222 valence electrons. The fourth-order valence-electron chi connectivity index (χ4n) is 3.75. The van der Waals surface area contributed by atoms with Crippen LogP contribution < -0.4 is 5.56 Å². The quantitative estimate of drug-likeness (QED) is 0.198. The molecule has 2 aromatic rings. The number of aromatic nitrogens is 4. The Morgan fingerprint density at radius 3 is 2.23 bits per heavy atom. The number of aromatic amines is 1. The Labute approximate surface area is 238 Å². The summed E-state index contributed by atoms with van der Waals surface area (Å²) in [5.74, 6) is 0. The van der Waals surface area contributed by atoms with Crippen LogP contribution in [0, 0.1) is 11.3 Å². The topological polar surface area (TPSA) is 151 Å². The van der Waals surface area contributed by atoms with Gasteiger partial charge in [-0.15, -0.1) is 9.05 Å². The van der Waals surface area contributed by atoms with Gasteiger partial charge in [0, 0.05) is 4.57 Å². The van der Waals surface area contributed by atoms with Crippen LogP contribution in [0.25, 0.3) is 11.2 Å². The summed E-state index contributed by atoms with van der Waals surface area (Å²) in [6.45, 7) is 21.5. The van der Waals surface area contributed by atoms with Gasteiger partial charge in [-0.3, -0.25) is 9.36 Å². The molecule has 3 heterocycles. The number of rotatable bonds is 11. The molecule has 1 N–H and O–H groups in total. The molecule has 4 unspecified atom stereocenters. The van der Waals surface area contributed by atoms with Gasteiger partial charge in [-0.1, -0.05) is 41.5 Å². The largest absolute Gasteiger partial charge is 0.697 e. The molecule has 0 amide bonds. The molecule has 3 rings (SSSR count). The first kappa shape index (κ1) is 32.7. The standard InChI is InChI=1S/C25H42N5O7PSi2/c1-24(2,3)39(7,8)36-19-17(14-34-38(32)33-13-11-12-26)35-23(20(19)37-40(9,10)25(4,5)6)30-16-29-18-21(30)27-15-28-22(18)31/h15-17,19-20,23H,11,13-14H2,1-10H3/p+1/t17?,19?,20?,23-/m1/s1. The first-order valence-corrected chi connectivity index (χ1v) is 20.3. The maximum Gasteiger partial charge on any atom is 0.697 e. The summed E-state index contributed by atoms with van der Waals surface area (Å²) in [5.41, 5.74) is 0.188. The van der Waals surface area contributed by atoms with E-state index < -0.39 is 49.4 Å². The van der Waals surface area contributed by atoms with Gasteiger partial charge in [-0.25, -0.2) is 9.97 Å². The fraction of sp³-hybridized carbons (Fsp3) is 0.760. The Morgan fingerprint density at radius 2 is 1.65 bits per heavy atom. The number of H-pyrrole nitrogens is 1. The Kier molecular flexibility index (Phi) is 9.96. The number of nitrogens with zero attached hydrogens (tertiary/aromatic N) is 4. The van der Waals surface area contributed by atoms with Crippen molar-refractivity contribution in [2.75, 3.05) is 13.2 Å². The van der Waals surface area contributed by atoms with E-state index in [2.05, 4.69) is 82.7 Å². The zero-order valence-corrected chi connectivity index (χ0v) is 28.1. The van der Waals surface area contributed by atoms with Gasteiger partial charge in [0.25, 0.3) is 5.56 Å². The van der Waals surface area contributed by atoms with E-state index in [0.29, 0.717) is 5.65 Å². The number of nitrogens with one attached hydrogen (secondary N) is 1. The lowest BCUT2D eigenvalue weighted by Gasteiger charge is -2.44. The van der Waals surface area contributed by atoms with Gasteiger partial charge in [-0.2, -0.15) is 5.26 Å². The molecule has 12 nitrogen and oxygen atoms in total. The minimum absolute atomic E-state index is 0.00208. The van der Waals surface area contributed by atoms with Gasteiger partial charge in [0.15, 0.2) is 34.0 Å². The van der Waals surface area contributed by atoms with Crippen molar-refractivity contribution in [2.45, 2.75) is 109 Å². The summed E-state index contributed by atoms with van der Waals surface area (Å²) in [5, 5.41) is 8.51. The van der Waals surface area contributed by atoms with E-state index in [1.165, 1.54) is 12.7 Å². The highest BCUT2D eigenvalue weighted by Crippen LogP contribution is 2.46. The van der Waals surface area contributed by atoms with Crippen molar-refractivity contribution in [1.29, 1.82) is 5.26 Å². The van der Waals surface area contributed by atoms with Crippen molar-refractivity contribution < 1.29 is 27.2 Å². The average Bonchev–Trinajstić information content (AvgIpc) is 3.38. The van der Waals surface area contributed by atoms with Crippen LogP contribution in [0.5, 0.6) is 0 Å². The first-order chi connectivity index (χ1) is 18.4. The second-order valence-electron chi connectivity index (χ2n) is 13.1. The van der Waals surface area contributed by atoms with Gasteiger partial charge < -0.3 is 18.6 Å². The highest BCUT2D eigenvalue weighted by molar-refractivity contribution is 7.33. The van der Waals surface area contributed by atoms with Crippen LogP contribution in [-0.4, -0.2) is 67.7 Å². The SMILES string of the molecule is CC(C)(C)[Si](C)(C)OC1C(CO[P+](=O)OCCC#N)O[C@@H](n2cnc3c(=O)[nH]cnc32)C1O[Si](C)(C)C(C)(C)C. The minimum atomic E-state index is -2.47. The molecule has 1 fully saturated rings. The van der Waals surface area contributed by atoms with Gasteiger partial charge in [0.05, 0.1) is 25.1 Å². The van der Waals surface area contributed by atoms with Crippen molar-refractivity contribution in [3.8, 4) is 6.07 Å². The Morgan fingerprint density at radius 1 is 1.05 bits per heavy atom. The molecule has 0 saturated carbocycles. The predicted octanol–water partition coefficient (Wildman–Crippen LogP) is 5.40. The third-order valence-corrected chi connectivity index (χ3v) is 17.9. The van der Waals surface area contributed by atoms with E-state index in [1.54, 1.807) is 4.57 Å². The lowest BCUT2D eigenvalue weighted by molar-refractivity contribution is -0.0460. The van der Waals surface area contributed by atoms with Crippen molar-refractivity contribution in [3.63, 3.8) is 0 Å². The third kappa shape index (κ3) is 7.14. The molecule has 40 heavy (non-hydrogen) atoms. The van der Waals surface area contributed by atoms with E-state index in [1.807, 2.05) is 6.07 Å². The van der Waals surface area contributed by atoms with Crippen LogP contribution in [0.2, 0.25) is 36.3 Å². The molecule has 0 aliphatic carbocycles. The van der Waals surface area contributed by atoms with E-state index in [0.717, 1.165) is 0 Å². The lowest BCUT2D eigenvalue weighted by atomic mass is 10.1. The van der Waals surface area contributed by atoms with Crippen molar-refractivity contribution >= 4 is 36.1 Å². The summed E-state index contributed by atoms with van der Waals surface area (Å²) >= 11 is 0. The number of nitriles is 1. The normalized spacial score (nSPS) is 23.0. The Hall–Kier alpha value is -1.83. The smallest absolute Gasteiger partial charge is 0.408 e. The monoisotopic (exact) mass is 612 g/mol. The van der Waals surface area contributed by atoms with Gasteiger partial charge in [0.2, 0.25) is 0 Å². The molecular weight excluding hydrogens is 569 g/mol. The van der Waals surface area contributed by atoms with Gasteiger partial charge in [-0.05, 0) is 36.3 Å². The molecule has 0 spiro atoms. The molecular formula is C25H43N5O7PSi2+. The number of hydrogen-bond acceptors (Lipinski definition) is 10. The fourth-order valence-corrected chi connectivity index (χ4v) is 6.94. The molecule has 1 saturated heterocycles. The molecule has 0 bridgehead atoms. The molecule has 5 atom stereocenters. The number of hydrogen-bond donors (Lipinski definition) is 1. The molecule has 2 aromatic heterocycles. The molecule has 15 heteroatoms. The van der Waals surface area contributed by atoms with Crippen LogP contribution >= 0.6 is 8.25 Å². The number of ether oxygens (including phenoxy) is 1. The first-order valence-electron chi connectivity index (χ1n) is 13.4. The van der Waals surface area contributed by atoms with Gasteiger partial charge in [0.1, 0.15) is 31.5 Å². The van der Waals surface area contributed by atoms with Crippen molar-refractivity contribution in [3.05, 3.63) is 23.0 Å². The summed E-state index contributed by atoms with van der Waals surface area (Å²) < 4.78 is 45.4. The van der Waals surface area contributed by atoms with Crippen LogP contribution in [0.4, 0.5) is 0 Å². The number of fused-ring (bicyclic) bond motifs is 1. The van der Waals surface area contributed by atoms with E-state index in [-0.39, 0.29) is 40.8 Å². The zero-order valence-electron chi connectivity index (χ0n) is 25.2. The summed E-state index contributed by atoms with van der Waals surface area (Å²) in [6, 6.07) is 1.95. The van der Waals surface area contributed by atoms with Crippen LogP contribution in [0.1, 0.15) is 54.2 Å². The maximum absolute atomic E-state index is 12.4. The van der Waals surface area contributed by atoms with E-state index in [4.69, 9.17) is 27.9 Å². The van der Waals surface area contributed by atoms with E-state index in [9.17, 15) is 9.36 Å². The van der Waals surface area contributed by atoms with Crippen molar-refractivity contribution in [2.24, 2.45) is 0 Å². The Bertz CT molecular complexity index is 1300. The average molecular weight is 613 g/mol. The zero-order chi connectivity index (χ0) is 30.1. The Balaban J connectivity index is 2.07. The second-order valence-corrected chi connectivity index (χ2v) is 23.5. The summed E-state index contributed by atoms with van der Waals surface area (Å²) in [4.78, 5) is 23.6. The lowest BCUT2D eigenvalue weighted by Crippen LogP contribution is -2.54. The van der Waals surface area contributed by atoms with Gasteiger partial charge >= 0.3 is 8.25 Å². The van der Waals surface area contributed by atoms with E-state index >= 15 is 0 Å². The second kappa shape index (κ2) is 12.2. The highest BCUT2D eigenvalue weighted by Gasteiger charge is 2.55. The maximum atomic E-state index is 12.4. The number of imidazole rings is 1. The predicted molar refractivity (Wildman–Crippen MR) is 156 cm³/mol. The summed E-state index contributed by atoms with van der Waals surface area (Å²) in [7, 11) is -7.22. The minimum Gasteiger partial charge on any atom is -0.408 e. The van der Waals surface area contributed by atoms with Crippen LogP contribution in [0.15, 0.2) is 17.4 Å². The third-order valence-electron chi connectivity index (χ3n) is 8.15. The van der Waals surface area contributed by atoms with Crippen molar-refractivity contribution in [1.82, 2.24) is 19.5 Å².